The van der Waals surface area contributed by atoms with Crippen LogP contribution in [-0.2, 0) is 0 Å². The molecular formula is C8H4F3NOS. The fourth-order valence-corrected chi connectivity index (χ4v) is 1.83. The number of hydrogen-bond donors (Lipinski definition) is 0. The van der Waals surface area contributed by atoms with Gasteiger partial charge in [0.25, 0.3) is 5.26 Å². The Bertz CT molecular complexity index is 457. The Morgan fingerprint density at radius 2 is 2.14 bits per heavy atom. The molecule has 0 spiro atoms. The number of halogens is 3. The van der Waals surface area contributed by atoms with Crippen LogP contribution in [0.1, 0.15) is 0 Å². The first-order valence-electron chi connectivity index (χ1n) is 3.66. The van der Waals surface area contributed by atoms with Gasteiger partial charge in [-0.1, -0.05) is 17.4 Å². The minimum Gasteiger partial charge on any atom is -0.433 e. The molecule has 0 bridgehead atoms. The largest absolute Gasteiger partial charge is 0.433 e. The molecule has 2 rings (SSSR count). The number of fused-ring (bicyclic) bond motifs is 1. The predicted octanol–water partition coefficient (Wildman–Crippen LogP) is 3.04. The van der Waals surface area contributed by atoms with E-state index < -0.39 is 11.9 Å². The first-order valence-corrected chi connectivity index (χ1v) is 4.48. The highest BCUT2D eigenvalue weighted by Gasteiger charge is 2.11. The second kappa shape index (κ2) is 3.45. The van der Waals surface area contributed by atoms with Gasteiger partial charge in [-0.15, -0.1) is 0 Å². The quantitative estimate of drug-likeness (QED) is 0.774. The van der Waals surface area contributed by atoms with Crippen molar-refractivity contribution < 1.29 is 17.9 Å². The van der Waals surface area contributed by atoms with Gasteiger partial charge in [-0.3, -0.25) is 0 Å². The van der Waals surface area contributed by atoms with Crippen molar-refractivity contribution >= 4 is 21.6 Å². The van der Waals surface area contributed by atoms with E-state index in [1.54, 1.807) is 0 Å². The highest BCUT2D eigenvalue weighted by Crippen LogP contribution is 2.31. The van der Waals surface area contributed by atoms with Gasteiger partial charge in [0.05, 0.1) is 10.2 Å². The van der Waals surface area contributed by atoms with Crippen LogP contribution in [0.4, 0.5) is 13.2 Å². The molecule has 0 radical (unpaired) electrons. The fourth-order valence-electron chi connectivity index (χ4n) is 1.09. The number of benzene rings is 1. The second-order valence-electron chi connectivity index (χ2n) is 2.45. The maximum Gasteiger partial charge on any atom is 0.387 e. The lowest BCUT2D eigenvalue weighted by Crippen LogP contribution is -2.01. The zero-order valence-corrected chi connectivity index (χ0v) is 7.52. The van der Waals surface area contributed by atoms with Crippen LogP contribution in [0, 0.1) is 5.26 Å². The second-order valence-corrected chi connectivity index (χ2v) is 3.40. The molecule has 1 aromatic heterocycles. The number of rotatable bonds is 2. The molecule has 6 heteroatoms. The van der Waals surface area contributed by atoms with Crippen molar-refractivity contribution in [3.63, 3.8) is 0 Å². The lowest BCUT2D eigenvalue weighted by molar-refractivity contribution is -0.0486. The zero-order valence-electron chi connectivity index (χ0n) is 6.71. The maximum atomic E-state index is 12.7. The standard InChI is InChI=1S/C8H4F3NOS/c9-7(10)13-5-3-1-2-4-6(5)14-8(11)12-4/h1-3,7H. The van der Waals surface area contributed by atoms with Gasteiger partial charge in [-0.05, 0) is 12.1 Å². The maximum absolute atomic E-state index is 12.7. The average Bonchev–Trinajstić information content (AvgIpc) is 2.45. The van der Waals surface area contributed by atoms with Crippen molar-refractivity contribution in [2.45, 2.75) is 6.61 Å². The monoisotopic (exact) mass is 219 g/mol. The molecule has 0 unspecified atom stereocenters. The Morgan fingerprint density at radius 3 is 2.86 bits per heavy atom. The van der Waals surface area contributed by atoms with E-state index in [2.05, 4.69) is 9.72 Å². The fraction of sp³-hybridized carbons (Fsp3) is 0.125. The lowest BCUT2D eigenvalue weighted by Gasteiger charge is -2.03. The van der Waals surface area contributed by atoms with Gasteiger partial charge in [0, 0.05) is 0 Å². The molecule has 2 aromatic rings. The molecule has 0 N–H and O–H groups in total. The summed E-state index contributed by atoms with van der Waals surface area (Å²) in [5.74, 6) is -0.0427. The Balaban J connectivity index is 2.53. The molecule has 14 heavy (non-hydrogen) atoms. The van der Waals surface area contributed by atoms with Gasteiger partial charge in [-0.2, -0.15) is 13.2 Å². The summed E-state index contributed by atoms with van der Waals surface area (Å²) in [6, 6.07) is 4.37. The van der Waals surface area contributed by atoms with Crippen molar-refractivity contribution in [3.05, 3.63) is 23.5 Å². The van der Waals surface area contributed by atoms with Crippen LogP contribution in [0.15, 0.2) is 18.2 Å². The normalized spacial score (nSPS) is 11.1. The Hall–Kier alpha value is -1.30. The summed E-state index contributed by atoms with van der Waals surface area (Å²) in [4.78, 5) is 3.51. The first kappa shape index (κ1) is 9.26. The smallest absolute Gasteiger partial charge is 0.387 e. The highest BCUT2D eigenvalue weighted by atomic mass is 32.1. The molecule has 0 saturated heterocycles. The molecule has 0 fully saturated rings. The molecule has 0 saturated carbocycles. The number of ether oxygens (including phenoxy) is 1. The summed E-state index contributed by atoms with van der Waals surface area (Å²) in [5.41, 5.74) is 0.325. The molecule has 0 atom stereocenters. The summed E-state index contributed by atoms with van der Waals surface area (Å²) in [6.45, 7) is -2.91. The van der Waals surface area contributed by atoms with E-state index in [0.29, 0.717) is 21.6 Å². The van der Waals surface area contributed by atoms with Crippen LogP contribution in [0.5, 0.6) is 5.75 Å². The molecule has 0 aliphatic carbocycles. The SMILES string of the molecule is Fc1nc2cccc(OC(F)F)c2s1. The molecule has 1 heterocycles. The van der Waals surface area contributed by atoms with Gasteiger partial charge < -0.3 is 4.74 Å². The van der Waals surface area contributed by atoms with Crippen LogP contribution >= 0.6 is 11.3 Å². The van der Waals surface area contributed by atoms with Crippen LogP contribution in [-0.4, -0.2) is 11.6 Å². The number of thiazole rings is 1. The third-order valence-electron chi connectivity index (χ3n) is 1.57. The Morgan fingerprint density at radius 1 is 1.36 bits per heavy atom. The van der Waals surface area contributed by atoms with Crippen LogP contribution in [0.2, 0.25) is 0 Å². The number of hydrogen-bond acceptors (Lipinski definition) is 3. The Labute approximate surface area is 80.9 Å². The molecule has 1 aromatic carbocycles. The summed E-state index contributed by atoms with van der Waals surface area (Å²) in [6.07, 6.45) is 0. The van der Waals surface area contributed by atoms with Crippen molar-refractivity contribution in [1.29, 1.82) is 0 Å². The zero-order chi connectivity index (χ0) is 10.1. The predicted molar refractivity (Wildman–Crippen MR) is 46.2 cm³/mol. The average molecular weight is 219 g/mol. The van der Waals surface area contributed by atoms with Gasteiger partial charge >= 0.3 is 6.61 Å². The van der Waals surface area contributed by atoms with Gasteiger partial charge in [0.1, 0.15) is 5.75 Å². The van der Waals surface area contributed by atoms with Crippen molar-refractivity contribution in [2.24, 2.45) is 0 Å². The third kappa shape index (κ3) is 1.65. The van der Waals surface area contributed by atoms with E-state index in [9.17, 15) is 13.2 Å². The van der Waals surface area contributed by atoms with Crippen molar-refractivity contribution in [3.8, 4) is 5.75 Å². The molecule has 0 aliphatic heterocycles. The van der Waals surface area contributed by atoms with E-state index in [4.69, 9.17) is 0 Å². The molecule has 0 aliphatic rings. The highest BCUT2D eigenvalue weighted by molar-refractivity contribution is 7.17. The molecule has 74 valence electrons. The van der Waals surface area contributed by atoms with Gasteiger partial charge in [-0.25, -0.2) is 4.98 Å². The number of aromatic nitrogens is 1. The van der Waals surface area contributed by atoms with E-state index in [1.165, 1.54) is 18.2 Å². The molecule has 2 nitrogen and oxygen atoms in total. The number of alkyl halides is 2. The molecular weight excluding hydrogens is 215 g/mol. The minimum absolute atomic E-state index is 0.0427. The number of nitrogens with zero attached hydrogens (tertiary/aromatic N) is 1. The summed E-state index contributed by atoms with van der Waals surface area (Å²) < 4.78 is 41.1. The molecule has 0 amide bonds. The van der Waals surface area contributed by atoms with Crippen LogP contribution in [0.25, 0.3) is 10.2 Å². The first-order chi connectivity index (χ1) is 6.66. The van der Waals surface area contributed by atoms with E-state index in [0.717, 1.165) is 0 Å². The minimum atomic E-state index is -2.91. The summed E-state index contributed by atoms with van der Waals surface area (Å²) >= 11 is 0.685. The van der Waals surface area contributed by atoms with Crippen LogP contribution < -0.4 is 4.74 Å². The van der Waals surface area contributed by atoms with Crippen LogP contribution in [0.3, 0.4) is 0 Å². The topological polar surface area (TPSA) is 22.1 Å². The third-order valence-corrected chi connectivity index (χ3v) is 2.44. The van der Waals surface area contributed by atoms with E-state index in [-0.39, 0.29) is 5.75 Å². The summed E-state index contributed by atoms with van der Waals surface area (Å²) in [7, 11) is 0. The van der Waals surface area contributed by atoms with Crippen molar-refractivity contribution in [1.82, 2.24) is 4.98 Å². The van der Waals surface area contributed by atoms with Gasteiger partial charge in [0.2, 0.25) is 0 Å². The lowest BCUT2D eigenvalue weighted by atomic mass is 10.3. The van der Waals surface area contributed by atoms with E-state index >= 15 is 0 Å². The van der Waals surface area contributed by atoms with Gasteiger partial charge in [0.15, 0.2) is 0 Å². The summed E-state index contributed by atoms with van der Waals surface area (Å²) in [5, 5.41) is -0.662. The Kier molecular flexibility index (Phi) is 2.28. The van der Waals surface area contributed by atoms with Crippen molar-refractivity contribution in [2.75, 3.05) is 0 Å². The van der Waals surface area contributed by atoms with E-state index in [1.807, 2.05) is 0 Å².